The molecule has 0 fully saturated rings. The summed E-state index contributed by atoms with van der Waals surface area (Å²) in [4.78, 5) is 13.3. The van der Waals surface area contributed by atoms with Crippen molar-refractivity contribution in [1.29, 1.82) is 0 Å². The minimum absolute atomic E-state index is 0.248. The lowest BCUT2D eigenvalue weighted by Gasteiger charge is -2.27. The van der Waals surface area contributed by atoms with Gasteiger partial charge in [0.15, 0.2) is 5.82 Å². The highest BCUT2D eigenvalue weighted by Gasteiger charge is 2.32. The Labute approximate surface area is 107 Å². The quantitative estimate of drug-likeness (QED) is 0.767. The van der Waals surface area contributed by atoms with Crippen LogP contribution in [-0.4, -0.2) is 23.2 Å². The Hall–Kier alpha value is -2.10. The fourth-order valence-corrected chi connectivity index (χ4v) is 2.47. The molecule has 0 N–H and O–H groups in total. The van der Waals surface area contributed by atoms with E-state index in [1.807, 2.05) is 6.92 Å². The molecule has 1 aromatic carbocycles. The van der Waals surface area contributed by atoms with E-state index >= 15 is 0 Å². The Morgan fingerprint density at radius 2 is 1.72 bits per heavy atom. The molecule has 2 heterocycles. The average molecular weight is 240 g/mol. The summed E-state index contributed by atoms with van der Waals surface area (Å²) in [6.07, 6.45) is 3.73. The molecular formula is C14H16N4. The van der Waals surface area contributed by atoms with Crippen LogP contribution in [0.1, 0.15) is 12.6 Å². The molecule has 0 amide bonds. The van der Waals surface area contributed by atoms with Gasteiger partial charge in [-0.3, -0.25) is 4.98 Å². The number of anilines is 3. The number of hydrogen-bond donors (Lipinski definition) is 0. The summed E-state index contributed by atoms with van der Waals surface area (Å²) in [5.74, 6) is 0.932. The SMILES string of the molecule is Cc1nccnc1N1c2ccccc2N(C)C1C. The van der Waals surface area contributed by atoms with Gasteiger partial charge in [0.05, 0.1) is 17.1 Å². The highest BCUT2D eigenvalue weighted by molar-refractivity contribution is 5.82. The first-order valence-corrected chi connectivity index (χ1v) is 6.09. The van der Waals surface area contributed by atoms with Crippen molar-refractivity contribution in [3.63, 3.8) is 0 Å². The molecule has 0 aliphatic carbocycles. The van der Waals surface area contributed by atoms with Gasteiger partial charge >= 0.3 is 0 Å². The third-order valence-electron chi connectivity index (χ3n) is 3.54. The Morgan fingerprint density at radius 1 is 1.06 bits per heavy atom. The highest BCUT2D eigenvalue weighted by Crippen LogP contribution is 2.42. The maximum Gasteiger partial charge on any atom is 0.156 e. The van der Waals surface area contributed by atoms with Crippen LogP contribution in [0.3, 0.4) is 0 Å². The van der Waals surface area contributed by atoms with E-state index in [-0.39, 0.29) is 6.17 Å². The van der Waals surface area contributed by atoms with Crippen molar-refractivity contribution >= 4 is 17.2 Å². The number of benzene rings is 1. The van der Waals surface area contributed by atoms with Crippen molar-refractivity contribution in [2.75, 3.05) is 16.8 Å². The highest BCUT2D eigenvalue weighted by atomic mass is 15.4. The van der Waals surface area contributed by atoms with Gasteiger partial charge in [-0.1, -0.05) is 12.1 Å². The van der Waals surface area contributed by atoms with Gasteiger partial charge in [-0.2, -0.15) is 0 Å². The number of rotatable bonds is 1. The van der Waals surface area contributed by atoms with E-state index in [4.69, 9.17) is 0 Å². The van der Waals surface area contributed by atoms with Crippen molar-refractivity contribution in [1.82, 2.24) is 9.97 Å². The van der Waals surface area contributed by atoms with Crippen molar-refractivity contribution < 1.29 is 0 Å². The lowest BCUT2D eigenvalue weighted by Crippen LogP contribution is -2.36. The van der Waals surface area contributed by atoms with E-state index in [9.17, 15) is 0 Å². The number of aromatic nitrogens is 2. The van der Waals surface area contributed by atoms with Crippen molar-refractivity contribution in [3.05, 3.63) is 42.4 Å². The number of fused-ring (bicyclic) bond motifs is 1. The summed E-state index contributed by atoms with van der Waals surface area (Å²) in [7, 11) is 2.11. The molecule has 1 unspecified atom stereocenters. The van der Waals surface area contributed by atoms with E-state index < -0.39 is 0 Å². The number of hydrogen-bond acceptors (Lipinski definition) is 4. The maximum absolute atomic E-state index is 4.48. The molecule has 18 heavy (non-hydrogen) atoms. The largest absolute Gasteiger partial charge is 0.352 e. The van der Waals surface area contributed by atoms with Crippen LogP contribution in [0.25, 0.3) is 0 Å². The minimum Gasteiger partial charge on any atom is -0.352 e. The molecule has 2 aromatic rings. The molecule has 1 aliphatic rings. The van der Waals surface area contributed by atoms with E-state index in [0.29, 0.717) is 0 Å². The van der Waals surface area contributed by atoms with Gasteiger partial charge in [0.25, 0.3) is 0 Å². The third-order valence-corrected chi connectivity index (χ3v) is 3.54. The van der Waals surface area contributed by atoms with Gasteiger partial charge in [0.1, 0.15) is 6.17 Å². The van der Waals surface area contributed by atoms with Gasteiger partial charge in [-0.25, -0.2) is 4.98 Å². The van der Waals surface area contributed by atoms with Gasteiger partial charge in [-0.15, -0.1) is 0 Å². The second kappa shape index (κ2) is 3.98. The van der Waals surface area contributed by atoms with Gasteiger partial charge in [-0.05, 0) is 26.0 Å². The molecule has 0 bridgehead atoms. The van der Waals surface area contributed by atoms with Crippen molar-refractivity contribution in [2.45, 2.75) is 20.0 Å². The Bertz CT molecular complexity index is 582. The average Bonchev–Trinajstić information content (AvgIpc) is 2.64. The third kappa shape index (κ3) is 1.45. The normalized spacial score (nSPS) is 18.1. The molecule has 0 radical (unpaired) electrons. The summed E-state index contributed by atoms with van der Waals surface area (Å²) in [6.45, 7) is 4.17. The summed E-state index contributed by atoms with van der Waals surface area (Å²) < 4.78 is 0. The summed E-state index contributed by atoms with van der Waals surface area (Å²) in [5.41, 5.74) is 3.38. The zero-order valence-electron chi connectivity index (χ0n) is 10.8. The fraction of sp³-hybridized carbons (Fsp3) is 0.286. The molecule has 0 saturated carbocycles. The van der Waals surface area contributed by atoms with Crippen LogP contribution in [-0.2, 0) is 0 Å². The summed E-state index contributed by atoms with van der Waals surface area (Å²) in [5, 5.41) is 0. The Balaban J connectivity index is 2.16. The van der Waals surface area contributed by atoms with E-state index in [2.05, 4.69) is 58.0 Å². The summed E-state index contributed by atoms with van der Waals surface area (Å²) in [6, 6.07) is 8.39. The molecule has 0 saturated heterocycles. The smallest absolute Gasteiger partial charge is 0.156 e. The van der Waals surface area contributed by atoms with Crippen molar-refractivity contribution in [2.24, 2.45) is 0 Å². The molecule has 1 aromatic heterocycles. The molecule has 1 atom stereocenters. The zero-order chi connectivity index (χ0) is 12.7. The van der Waals surface area contributed by atoms with Gasteiger partial charge in [0, 0.05) is 19.4 Å². The van der Waals surface area contributed by atoms with Crippen LogP contribution in [0.15, 0.2) is 36.7 Å². The van der Waals surface area contributed by atoms with Crippen LogP contribution in [0.5, 0.6) is 0 Å². The molecular weight excluding hydrogens is 224 g/mol. The summed E-state index contributed by atoms with van der Waals surface area (Å²) >= 11 is 0. The van der Waals surface area contributed by atoms with E-state index in [0.717, 1.165) is 11.5 Å². The predicted molar refractivity (Wildman–Crippen MR) is 73.2 cm³/mol. The van der Waals surface area contributed by atoms with Gasteiger partial charge in [0.2, 0.25) is 0 Å². The molecule has 4 nitrogen and oxygen atoms in total. The van der Waals surface area contributed by atoms with Crippen LogP contribution in [0.2, 0.25) is 0 Å². The number of para-hydroxylation sites is 2. The second-order valence-electron chi connectivity index (χ2n) is 4.57. The fourth-order valence-electron chi connectivity index (χ4n) is 2.47. The lowest BCUT2D eigenvalue weighted by atomic mass is 10.2. The molecule has 0 spiro atoms. The monoisotopic (exact) mass is 240 g/mol. The standard InChI is InChI=1S/C14H16N4/c1-10-14(16-9-8-15-10)18-11(2)17(3)12-6-4-5-7-13(12)18/h4-9,11H,1-3H3. The molecule has 3 rings (SSSR count). The first kappa shape index (κ1) is 11.0. The number of aryl methyl sites for hydroxylation is 1. The van der Waals surface area contributed by atoms with Gasteiger partial charge < -0.3 is 9.80 Å². The topological polar surface area (TPSA) is 32.3 Å². The Kier molecular flexibility index (Phi) is 2.44. The Morgan fingerprint density at radius 3 is 2.44 bits per heavy atom. The van der Waals surface area contributed by atoms with Crippen LogP contribution >= 0.6 is 0 Å². The van der Waals surface area contributed by atoms with E-state index in [1.54, 1.807) is 12.4 Å². The predicted octanol–water partition coefficient (Wildman–Crippen LogP) is 2.72. The van der Waals surface area contributed by atoms with Crippen molar-refractivity contribution in [3.8, 4) is 0 Å². The lowest BCUT2D eigenvalue weighted by molar-refractivity contribution is 0.722. The minimum atomic E-state index is 0.248. The van der Waals surface area contributed by atoms with Crippen LogP contribution in [0, 0.1) is 6.92 Å². The zero-order valence-corrected chi connectivity index (χ0v) is 10.8. The van der Waals surface area contributed by atoms with Crippen LogP contribution in [0.4, 0.5) is 17.2 Å². The maximum atomic E-state index is 4.48. The number of nitrogens with zero attached hydrogens (tertiary/aromatic N) is 4. The first-order chi connectivity index (χ1) is 8.70. The second-order valence-corrected chi connectivity index (χ2v) is 4.57. The van der Waals surface area contributed by atoms with Crippen LogP contribution < -0.4 is 9.80 Å². The first-order valence-electron chi connectivity index (χ1n) is 6.09. The molecule has 1 aliphatic heterocycles. The van der Waals surface area contributed by atoms with E-state index in [1.165, 1.54) is 11.4 Å². The molecule has 4 heteroatoms. The molecule has 92 valence electrons.